The zero-order valence-electron chi connectivity index (χ0n) is 15.6. The van der Waals surface area contributed by atoms with E-state index in [1.807, 2.05) is 42.5 Å². The van der Waals surface area contributed by atoms with E-state index in [0.29, 0.717) is 33.9 Å². The zero-order chi connectivity index (χ0) is 20.2. The molecule has 0 saturated carbocycles. The van der Waals surface area contributed by atoms with Gasteiger partial charge in [0.15, 0.2) is 5.13 Å². The van der Waals surface area contributed by atoms with E-state index in [-0.39, 0.29) is 12.0 Å². The lowest BCUT2D eigenvalue weighted by Gasteiger charge is -2.23. The molecule has 0 bridgehead atoms. The summed E-state index contributed by atoms with van der Waals surface area (Å²) in [5.74, 6) is 0.756. The van der Waals surface area contributed by atoms with E-state index in [9.17, 15) is 4.79 Å². The highest BCUT2D eigenvalue weighted by atomic mass is 35.5. The Bertz CT molecular complexity index is 988. The molecule has 3 aromatic rings. The average Bonchev–Trinajstić information content (AvgIpc) is 3.36. The van der Waals surface area contributed by atoms with Crippen LogP contribution in [0.3, 0.4) is 0 Å². The first-order chi connectivity index (χ1) is 14.1. The van der Waals surface area contributed by atoms with Gasteiger partial charge in [-0.3, -0.25) is 9.69 Å². The average molecular weight is 467 g/mol. The molecule has 2 heterocycles. The molecule has 8 heteroatoms. The Hall–Kier alpha value is -1.31. The Kier molecular flexibility index (Phi) is 6.98. The van der Waals surface area contributed by atoms with E-state index in [0.717, 1.165) is 34.6 Å². The SMILES string of the molecule is O=C(CCSc1ccc(Cl)cc1)N(CC1CCCO1)c1nc2ccc(Cl)cc2s1. The van der Waals surface area contributed by atoms with Gasteiger partial charge in [0.1, 0.15) is 0 Å². The first-order valence-corrected chi connectivity index (χ1v) is 12.0. The maximum atomic E-state index is 13.1. The lowest BCUT2D eigenvalue weighted by molar-refractivity contribution is -0.118. The van der Waals surface area contributed by atoms with Crippen LogP contribution in [0.25, 0.3) is 10.2 Å². The summed E-state index contributed by atoms with van der Waals surface area (Å²) in [6.45, 7) is 1.30. The van der Waals surface area contributed by atoms with Crippen molar-refractivity contribution in [3.8, 4) is 0 Å². The molecular weight excluding hydrogens is 447 g/mol. The third-order valence-electron chi connectivity index (χ3n) is 4.68. The molecular formula is C21H20Cl2N2O2S2. The van der Waals surface area contributed by atoms with Crippen LogP contribution < -0.4 is 4.90 Å². The van der Waals surface area contributed by atoms with Gasteiger partial charge < -0.3 is 4.74 Å². The van der Waals surface area contributed by atoms with E-state index in [1.165, 1.54) is 11.3 Å². The van der Waals surface area contributed by atoms with Gasteiger partial charge in [0.05, 0.1) is 22.9 Å². The Balaban J connectivity index is 1.47. The molecule has 152 valence electrons. The van der Waals surface area contributed by atoms with Crippen molar-refractivity contribution in [1.82, 2.24) is 4.98 Å². The Morgan fingerprint density at radius 1 is 1.21 bits per heavy atom. The van der Waals surface area contributed by atoms with Crippen molar-refractivity contribution in [3.63, 3.8) is 0 Å². The molecule has 1 fully saturated rings. The maximum Gasteiger partial charge on any atom is 0.229 e. The van der Waals surface area contributed by atoms with E-state index in [2.05, 4.69) is 4.98 Å². The number of ether oxygens (including phenoxy) is 1. The van der Waals surface area contributed by atoms with Crippen LogP contribution in [-0.2, 0) is 9.53 Å². The molecule has 0 N–H and O–H groups in total. The largest absolute Gasteiger partial charge is 0.376 e. The first-order valence-electron chi connectivity index (χ1n) is 9.45. The highest BCUT2D eigenvalue weighted by molar-refractivity contribution is 7.99. The van der Waals surface area contributed by atoms with E-state index >= 15 is 0 Å². The van der Waals surface area contributed by atoms with Gasteiger partial charge in [0.25, 0.3) is 0 Å². The number of amides is 1. The van der Waals surface area contributed by atoms with Gasteiger partial charge in [-0.15, -0.1) is 11.8 Å². The molecule has 0 spiro atoms. The Labute approximate surface area is 188 Å². The fourth-order valence-electron chi connectivity index (χ4n) is 3.20. The molecule has 2 aromatic carbocycles. The van der Waals surface area contributed by atoms with Gasteiger partial charge in [-0.25, -0.2) is 4.98 Å². The van der Waals surface area contributed by atoms with Crippen LogP contribution >= 0.6 is 46.3 Å². The number of thiazole rings is 1. The van der Waals surface area contributed by atoms with Gasteiger partial charge in [0, 0.05) is 33.7 Å². The quantitative estimate of drug-likeness (QED) is 0.383. The van der Waals surface area contributed by atoms with E-state index in [1.54, 1.807) is 16.7 Å². The molecule has 1 aliphatic heterocycles. The molecule has 1 aliphatic rings. The number of fused-ring (bicyclic) bond motifs is 1. The molecule has 1 aromatic heterocycles. The van der Waals surface area contributed by atoms with Crippen molar-refractivity contribution < 1.29 is 9.53 Å². The number of aromatic nitrogens is 1. The Morgan fingerprint density at radius 3 is 2.76 bits per heavy atom. The van der Waals surface area contributed by atoms with Gasteiger partial charge in [-0.2, -0.15) is 0 Å². The monoisotopic (exact) mass is 466 g/mol. The fraction of sp³-hybridized carbons (Fsp3) is 0.333. The second-order valence-corrected chi connectivity index (χ2v) is 9.85. The van der Waals surface area contributed by atoms with Crippen molar-refractivity contribution in [2.24, 2.45) is 0 Å². The number of carbonyl (C=O) groups excluding carboxylic acids is 1. The molecule has 1 atom stereocenters. The third-order valence-corrected chi connectivity index (χ3v) is 7.22. The van der Waals surface area contributed by atoms with Crippen molar-refractivity contribution in [1.29, 1.82) is 0 Å². The van der Waals surface area contributed by atoms with Crippen LogP contribution in [0.5, 0.6) is 0 Å². The number of benzene rings is 2. The molecule has 0 aliphatic carbocycles. The van der Waals surface area contributed by atoms with Crippen LogP contribution in [0.15, 0.2) is 47.4 Å². The second-order valence-electron chi connectivity index (χ2n) is 6.80. The number of anilines is 1. The molecule has 1 unspecified atom stereocenters. The van der Waals surface area contributed by atoms with Gasteiger partial charge in [-0.1, -0.05) is 34.5 Å². The summed E-state index contributed by atoms with van der Waals surface area (Å²) in [5, 5.41) is 2.09. The van der Waals surface area contributed by atoms with E-state index in [4.69, 9.17) is 27.9 Å². The summed E-state index contributed by atoms with van der Waals surface area (Å²) in [4.78, 5) is 20.7. The number of hydrogen-bond acceptors (Lipinski definition) is 5. The maximum absolute atomic E-state index is 13.1. The number of hydrogen-bond donors (Lipinski definition) is 0. The van der Waals surface area contributed by atoms with E-state index < -0.39 is 0 Å². The van der Waals surface area contributed by atoms with Gasteiger partial charge in [0.2, 0.25) is 5.91 Å². The molecule has 0 radical (unpaired) electrons. The summed E-state index contributed by atoms with van der Waals surface area (Å²) >= 11 is 15.2. The summed E-state index contributed by atoms with van der Waals surface area (Å²) in [5.41, 5.74) is 0.857. The molecule has 1 amide bonds. The minimum Gasteiger partial charge on any atom is -0.376 e. The highest BCUT2D eigenvalue weighted by Crippen LogP contribution is 2.32. The van der Waals surface area contributed by atoms with Crippen LogP contribution in [0.4, 0.5) is 5.13 Å². The normalized spacial score (nSPS) is 16.4. The predicted molar refractivity (Wildman–Crippen MR) is 123 cm³/mol. The van der Waals surface area contributed by atoms with Crippen molar-refractivity contribution >= 4 is 67.6 Å². The lowest BCUT2D eigenvalue weighted by Crippen LogP contribution is -2.37. The lowest BCUT2D eigenvalue weighted by atomic mass is 10.2. The summed E-state index contributed by atoms with van der Waals surface area (Å²) < 4.78 is 6.76. The van der Waals surface area contributed by atoms with Crippen LogP contribution in [0.2, 0.25) is 10.0 Å². The number of halogens is 2. The number of thioether (sulfide) groups is 1. The topological polar surface area (TPSA) is 42.4 Å². The zero-order valence-corrected chi connectivity index (χ0v) is 18.8. The van der Waals surface area contributed by atoms with Crippen molar-refractivity contribution in [2.75, 3.05) is 23.8 Å². The van der Waals surface area contributed by atoms with Crippen molar-refractivity contribution in [3.05, 3.63) is 52.5 Å². The van der Waals surface area contributed by atoms with Crippen molar-refractivity contribution in [2.45, 2.75) is 30.3 Å². The summed E-state index contributed by atoms with van der Waals surface area (Å²) in [6, 6.07) is 13.3. The third kappa shape index (κ3) is 5.44. The molecule has 29 heavy (non-hydrogen) atoms. The van der Waals surface area contributed by atoms with Gasteiger partial charge in [-0.05, 0) is 55.3 Å². The standard InChI is InChI=1S/C21H20Cl2N2O2S2/c22-14-3-6-17(7-4-14)28-11-9-20(26)25(13-16-2-1-10-27-16)21-24-18-8-5-15(23)12-19(18)29-21/h3-8,12,16H,1-2,9-11,13H2. The number of carbonyl (C=O) groups is 1. The minimum absolute atomic E-state index is 0.0621. The Morgan fingerprint density at radius 2 is 2.00 bits per heavy atom. The number of nitrogens with zero attached hydrogens (tertiary/aromatic N) is 2. The summed E-state index contributed by atoms with van der Waals surface area (Å²) in [7, 11) is 0. The second kappa shape index (κ2) is 9.67. The minimum atomic E-state index is 0.0621. The molecule has 1 saturated heterocycles. The smallest absolute Gasteiger partial charge is 0.229 e. The molecule has 4 rings (SSSR count). The number of rotatable bonds is 7. The van der Waals surface area contributed by atoms with Crippen LogP contribution in [0.1, 0.15) is 19.3 Å². The highest BCUT2D eigenvalue weighted by Gasteiger charge is 2.26. The van der Waals surface area contributed by atoms with Crippen LogP contribution in [-0.4, -0.2) is 35.9 Å². The summed E-state index contributed by atoms with van der Waals surface area (Å²) in [6.07, 6.45) is 2.50. The predicted octanol–water partition coefficient (Wildman–Crippen LogP) is 6.30. The molecule has 4 nitrogen and oxygen atoms in total. The first kappa shape index (κ1) is 20.9. The van der Waals surface area contributed by atoms with Crippen LogP contribution in [0, 0.1) is 0 Å². The fourth-order valence-corrected chi connectivity index (χ4v) is 5.44. The van der Waals surface area contributed by atoms with Gasteiger partial charge >= 0.3 is 0 Å².